The first-order chi connectivity index (χ1) is 11.2. The van der Waals surface area contributed by atoms with Gasteiger partial charge in [-0.1, -0.05) is 42.5 Å². The van der Waals surface area contributed by atoms with Crippen LogP contribution in [0.5, 0.6) is 0 Å². The number of hydrogen-bond donors (Lipinski definition) is 2. The number of sulfonamides is 1. The molecule has 0 saturated heterocycles. The lowest BCUT2D eigenvalue weighted by atomic mass is 9.97. The highest BCUT2D eigenvalue weighted by Crippen LogP contribution is 2.18. The maximum atomic E-state index is 12.5. The fourth-order valence-electron chi connectivity index (χ4n) is 2.47. The third-order valence-electron chi connectivity index (χ3n) is 4.07. The van der Waals surface area contributed by atoms with Gasteiger partial charge in [0.05, 0.1) is 10.5 Å². The van der Waals surface area contributed by atoms with Gasteiger partial charge in [-0.3, -0.25) is 0 Å². The molecule has 0 radical (unpaired) electrons. The third kappa shape index (κ3) is 5.16. The molecule has 2 N–H and O–H groups in total. The summed E-state index contributed by atoms with van der Waals surface area (Å²) in [5, 5.41) is 10.5. The summed E-state index contributed by atoms with van der Waals surface area (Å²) in [6.45, 7) is 5.26. The molecule has 24 heavy (non-hydrogen) atoms. The Labute approximate surface area is 144 Å². The highest BCUT2D eigenvalue weighted by atomic mass is 32.2. The molecule has 1 atom stereocenters. The van der Waals surface area contributed by atoms with Crippen molar-refractivity contribution in [3.63, 3.8) is 0 Å². The molecule has 0 spiro atoms. The van der Waals surface area contributed by atoms with E-state index in [4.69, 9.17) is 0 Å². The molecule has 2 aromatic carbocycles. The predicted octanol–water partition coefficient (Wildman–Crippen LogP) is 2.97. The summed E-state index contributed by atoms with van der Waals surface area (Å²) in [4.78, 5) is 0.265. The smallest absolute Gasteiger partial charge is 0.240 e. The molecule has 0 aliphatic rings. The quantitative estimate of drug-likeness (QED) is 0.809. The summed E-state index contributed by atoms with van der Waals surface area (Å²) in [5.41, 5.74) is 1.59. The van der Waals surface area contributed by atoms with Gasteiger partial charge in [-0.05, 0) is 56.4 Å². The van der Waals surface area contributed by atoms with Gasteiger partial charge in [0.25, 0.3) is 0 Å². The van der Waals surface area contributed by atoms with Crippen LogP contribution in [0.3, 0.4) is 0 Å². The molecule has 0 aliphatic carbocycles. The Bertz CT molecular complexity index is 784. The molecule has 0 saturated carbocycles. The molecular weight excluding hydrogens is 322 g/mol. The maximum absolute atomic E-state index is 12.5. The first-order valence-electron chi connectivity index (χ1n) is 8.03. The zero-order valence-electron chi connectivity index (χ0n) is 14.4. The summed E-state index contributed by atoms with van der Waals surface area (Å²) in [5.74, 6) is 0. The lowest BCUT2D eigenvalue weighted by Crippen LogP contribution is -2.41. The fourth-order valence-corrected chi connectivity index (χ4v) is 3.96. The van der Waals surface area contributed by atoms with Crippen LogP contribution in [0.1, 0.15) is 30.0 Å². The molecule has 0 heterocycles. The average Bonchev–Trinajstić information content (AvgIpc) is 2.55. The molecule has 1 unspecified atom stereocenters. The van der Waals surface area contributed by atoms with E-state index in [0.717, 1.165) is 11.1 Å². The maximum Gasteiger partial charge on any atom is 0.240 e. The topological polar surface area (TPSA) is 66.4 Å². The number of rotatable bonds is 7. The standard InChI is InChI=1S/C19H25NO3S/c1-15-9-10-16(2)18(13-15)24(22,23)20-14-19(3,21)12-11-17-7-5-4-6-8-17/h4-10,13,20-21H,11-12,14H2,1-3H3. The van der Waals surface area contributed by atoms with E-state index in [9.17, 15) is 13.5 Å². The monoisotopic (exact) mass is 347 g/mol. The van der Waals surface area contributed by atoms with Crippen molar-refractivity contribution >= 4 is 10.0 Å². The Morgan fingerprint density at radius 2 is 1.75 bits per heavy atom. The normalized spacial score (nSPS) is 14.3. The van der Waals surface area contributed by atoms with Crippen LogP contribution in [0.4, 0.5) is 0 Å². The van der Waals surface area contributed by atoms with Crippen LogP contribution < -0.4 is 4.72 Å². The van der Waals surface area contributed by atoms with Gasteiger partial charge in [-0.2, -0.15) is 0 Å². The Balaban J connectivity index is 2.01. The van der Waals surface area contributed by atoms with Crippen molar-refractivity contribution in [2.45, 2.75) is 44.1 Å². The zero-order chi connectivity index (χ0) is 17.8. The van der Waals surface area contributed by atoms with Gasteiger partial charge in [-0.15, -0.1) is 0 Å². The number of hydrogen-bond acceptors (Lipinski definition) is 3. The molecule has 0 fully saturated rings. The Kier molecular flexibility index (Phi) is 5.80. The van der Waals surface area contributed by atoms with E-state index in [-0.39, 0.29) is 11.4 Å². The molecule has 5 heteroatoms. The highest BCUT2D eigenvalue weighted by Gasteiger charge is 2.25. The SMILES string of the molecule is Cc1ccc(C)c(S(=O)(=O)NCC(C)(O)CCc2ccccc2)c1. The number of benzene rings is 2. The molecule has 0 aliphatic heterocycles. The van der Waals surface area contributed by atoms with Crippen LogP contribution in [0.2, 0.25) is 0 Å². The molecule has 130 valence electrons. The summed E-state index contributed by atoms with van der Waals surface area (Å²) < 4.78 is 27.5. The molecule has 0 bridgehead atoms. The van der Waals surface area contributed by atoms with Crippen LogP contribution in [-0.4, -0.2) is 25.7 Å². The largest absolute Gasteiger partial charge is 0.389 e. The lowest BCUT2D eigenvalue weighted by molar-refractivity contribution is 0.0565. The molecule has 0 aromatic heterocycles. The summed E-state index contributed by atoms with van der Waals surface area (Å²) in [6, 6.07) is 15.2. The van der Waals surface area contributed by atoms with Gasteiger partial charge in [0.2, 0.25) is 10.0 Å². The van der Waals surface area contributed by atoms with Gasteiger partial charge in [0.1, 0.15) is 0 Å². The van der Waals surface area contributed by atoms with E-state index in [2.05, 4.69) is 4.72 Å². The van der Waals surface area contributed by atoms with E-state index in [1.807, 2.05) is 43.3 Å². The van der Waals surface area contributed by atoms with Gasteiger partial charge in [0.15, 0.2) is 0 Å². The second-order valence-corrected chi connectivity index (χ2v) is 8.31. The van der Waals surface area contributed by atoms with Gasteiger partial charge in [-0.25, -0.2) is 13.1 Å². The number of nitrogens with one attached hydrogen (secondary N) is 1. The van der Waals surface area contributed by atoms with Crippen LogP contribution in [-0.2, 0) is 16.4 Å². The first kappa shape index (κ1) is 18.6. The van der Waals surface area contributed by atoms with Crippen molar-refractivity contribution in [2.24, 2.45) is 0 Å². The van der Waals surface area contributed by atoms with Gasteiger partial charge < -0.3 is 5.11 Å². The van der Waals surface area contributed by atoms with Crippen molar-refractivity contribution in [2.75, 3.05) is 6.54 Å². The fraction of sp³-hybridized carbons (Fsp3) is 0.368. The minimum absolute atomic E-state index is 0.0183. The van der Waals surface area contributed by atoms with Gasteiger partial charge in [0, 0.05) is 6.54 Å². The minimum Gasteiger partial charge on any atom is -0.389 e. The Morgan fingerprint density at radius 3 is 2.42 bits per heavy atom. The molecule has 4 nitrogen and oxygen atoms in total. The van der Waals surface area contributed by atoms with Crippen molar-refractivity contribution in [3.8, 4) is 0 Å². The highest BCUT2D eigenvalue weighted by molar-refractivity contribution is 7.89. The number of aliphatic hydroxyl groups is 1. The summed E-state index contributed by atoms with van der Waals surface area (Å²) in [6.07, 6.45) is 1.17. The van der Waals surface area contributed by atoms with Gasteiger partial charge >= 0.3 is 0 Å². The zero-order valence-corrected chi connectivity index (χ0v) is 15.2. The van der Waals surface area contributed by atoms with Crippen LogP contribution >= 0.6 is 0 Å². The lowest BCUT2D eigenvalue weighted by Gasteiger charge is -2.24. The molecule has 2 rings (SSSR count). The average molecular weight is 347 g/mol. The number of aryl methyl sites for hydroxylation is 3. The molecule has 0 amide bonds. The van der Waals surface area contributed by atoms with E-state index in [0.29, 0.717) is 18.4 Å². The predicted molar refractivity (Wildman–Crippen MR) is 96.5 cm³/mol. The van der Waals surface area contributed by atoms with E-state index < -0.39 is 15.6 Å². The summed E-state index contributed by atoms with van der Waals surface area (Å²) >= 11 is 0. The van der Waals surface area contributed by atoms with Crippen LogP contribution in [0, 0.1) is 13.8 Å². The van der Waals surface area contributed by atoms with E-state index >= 15 is 0 Å². The second-order valence-electron chi connectivity index (χ2n) is 6.58. The Morgan fingerprint density at radius 1 is 1.08 bits per heavy atom. The third-order valence-corrected chi connectivity index (χ3v) is 5.61. The van der Waals surface area contributed by atoms with Crippen molar-refractivity contribution in [1.82, 2.24) is 4.72 Å². The first-order valence-corrected chi connectivity index (χ1v) is 9.51. The van der Waals surface area contributed by atoms with Crippen molar-refractivity contribution in [1.29, 1.82) is 0 Å². The van der Waals surface area contributed by atoms with Crippen LogP contribution in [0.25, 0.3) is 0 Å². The van der Waals surface area contributed by atoms with Crippen molar-refractivity contribution < 1.29 is 13.5 Å². The second kappa shape index (κ2) is 7.47. The van der Waals surface area contributed by atoms with Crippen LogP contribution in [0.15, 0.2) is 53.4 Å². The summed E-state index contributed by atoms with van der Waals surface area (Å²) in [7, 11) is -3.64. The van der Waals surface area contributed by atoms with E-state index in [1.54, 1.807) is 26.0 Å². The molecule has 2 aromatic rings. The molecular formula is C19H25NO3S. The van der Waals surface area contributed by atoms with E-state index in [1.165, 1.54) is 0 Å². The Hall–Kier alpha value is -1.69. The van der Waals surface area contributed by atoms with Crippen molar-refractivity contribution in [3.05, 3.63) is 65.2 Å². The minimum atomic E-state index is -3.64.